The van der Waals surface area contributed by atoms with Crippen molar-refractivity contribution in [1.82, 2.24) is 10.3 Å². The average Bonchev–Trinajstić information content (AvgIpc) is 2.43. The molecule has 1 amide bonds. The van der Waals surface area contributed by atoms with E-state index in [1.807, 2.05) is 0 Å². The molecule has 19 heavy (non-hydrogen) atoms. The van der Waals surface area contributed by atoms with Gasteiger partial charge in [-0.2, -0.15) is 0 Å². The fourth-order valence-electron chi connectivity index (χ4n) is 1.51. The zero-order chi connectivity index (χ0) is 14.3. The lowest BCUT2D eigenvalue weighted by Crippen LogP contribution is -2.34. The van der Waals surface area contributed by atoms with Gasteiger partial charge >= 0.3 is 0 Å². The molecule has 0 fully saturated rings. The van der Waals surface area contributed by atoms with Crippen molar-refractivity contribution < 1.29 is 4.79 Å². The Bertz CT molecular complexity index is 416. The van der Waals surface area contributed by atoms with Gasteiger partial charge in [0.1, 0.15) is 5.82 Å². The molecule has 0 unspecified atom stereocenters. The maximum atomic E-state index is 12.2. The van der Waals surface area contributed by atoms with Crippen molar-refractivity contribution >= 4 is 11.7 Å². The molecule has 0 atom stereocenters. The van der Waals surface area contributed by atoms with E-state index in [0.717, 1.165) is 19.4 Å². The van der Waals surface area contributed by atoms with Crippen LogP contribution in [0.25, 0.3) is 0 Å². The minimum absolute atomic E-state index is 0.0618. The molecule has 1 aromatic heterocycles. The number of anilines is 1. The highest BCUT2D eigenvalue weighted by Gasteiger charge is 2.18. The van der Waals surface area contributed by atoms with Crippen LogP contribution in [0.3, 0.4) is 0 Å². The highest BCUT2D eigenvalue weighted by Crippen LogP contribution is 2.18. The van der Waals surface area contributed by atoms with Crippen LogP contribution in [0.1, 0.15) is 50.9 Å². The van der Waals surface area contributed by atoms with E-state index >= 15 is 0 Å². The summed E-state index contributed by atoms with van der Waals surface area (Å²) in [7, 11) is 0. The molecule has 0 aromatic carbocycles. The number of rotatable bonds is 7. The Labute approximate surface area is 116 Å². The van der Waals surface area contributed by atoms with E-state index in [1.165, 1.54) is 0 Å². The molecular weight excluding hydrogens is 238 g/mol. The normalized spacial score (nSPS) is 11.2. The molecule has 0 saturated carbocycles. The number of amides is 1. The standard InChI is InChI=1S/C15H25N3O/c1-5-9-16-13-12(8-7-10-17-13)14(19)18-11-15(3,4)6-2/h7-8,10H,5-6,9,11H2,1-4H3,(H,16,17)(H,18,19). The third-order valence-corrected chi connectivity index (χ3v) is 3.28. The molecule has 4 nitrogen and oxygen atoms in total. The van der Waals surface area contributed by atoms with Crippen LogP contribution < -0.4 is 10.6 Å². The van der Waals surface area contributed by atoms with E-state index in [0.29, 0.717) is 17.9 Å². The predicted molar refractivity (Wildman–Crippen MR) is 79.4 cm³/mol. The van der Waals surface area contributed by atoms with E-state index in [-0.39, 0.29) is 11.3 Å². The maximum absolute atomic E-state index is 12.2. The zero-order valence-corrected chi connectivity index (χ0v) is 12.4. The molecule has 4 heteroatoms. The Morgan fingerprint density at radius 2 is 2.11 bits per heavy atom. The van der Waals surface area contributed by atoms with E-state index < -0.39 is 0 Å². The summed E-state index contributed by atoms with van der Waals surface area (Å²) < 4.78 is 0. The molecule has 0 radical (unpaired) electrons. The number of carbonyl (C=O) groups excluding carboxylic acids is 1. The average molecular weight is 263 g/mol. The third kappa shape index (κ3) is 4.89. The minimum Gasteiger partial charge on any atom is -0.369 e. The van der Waals surface area contributed by atoms with Crippen molar-refractivity contribution in [1.29, 1.82) is 0 Å². The summed E-state index contributed by atoms with van der Waals surface area (Å²) in [5.41, 5.74) is 0.734. The van der Waals surface area contributed by atoms with Gasteiger partial charge < -0.3 is 10.6 Å². The number of nitrogens with zero attached hydrogens (tertiary/aromatic N) is 1. The Morgan fingerprint density at radius 3 is 2.74 bits per heavy atom. The van der Waals surface area contributed by atoms with Crippen molar-refractivity contribution in [2.45, 2.75) is 40.5 Å². The molecule has 0 saturated heterocycles. The number of carbonyl (C=O) groups is 1. The fraction of sp³-hybridized carbons (Fsp3) is 0.600. The lowest BCUT2D eigenvalue weighted by atomic mass is 9.90. The molecule has 0 aliphatic heterocycles. The van der Waals surface area contributed by atoms with Crippen molar-refractivity contribution in [3.05, 3.63) is 23.9 Å². The Morgan fingerprint density at radius 1 is 1.37 bits per heavy atom. The largest absolute Gasteiger partial charge is 0.369 e. The van der Waals surface area contributed by atoms with Gasteiger partial charge in [0.05, 0.1) is 5.56 Å². The lowest BCUT2D eigenvalue weighted by molar-refractivity contribution is 0.0936. The topological polar surface area (TPSA) is 54.0 Å². The number of hydrogen-bond donors (Lipinski definition) is 2. The van der Waals surface area contributed by atoms with E-state index in [1.54, 1.807) is 18.3 Å². The van der Waals surface area contributed by atoms with Gasteiger partial charge in [0.15, 0.2) is 0 Å². The van der Waals surface area contributed by atoms with Crippen LogP contribution >= 0.6 is 0 Å². The third-order valence-electron chi connectivity index (χ3n) is 3.28. The summed E-state index contributed by atoms with van der Waals surface area (Å²) in [4.78, 5) is 16.4. The number of pyridine rings is 1. The Hall–Kier alpha value is -1.58. The molecule has 106 valence electrons. The quantitative estimate of drug-likeness (QED) is 0.795. The molecular formula is C15H25N3O. The first kappa shape index (κ1) is 15.5. The first-order valence-electron chi connectivity index (χ1n) is 6.97. The van der Waals surface area contributed by atoms with E-state index in [9.17, 15) is 4.79 Å². The summed E-state index contributed by atoms with van der Waals surface area (Å²) in [5.74, 6) is 0.601. The van der Waals surface area contributed by atoms with Gasteiger partial charge in [0.25, 0.3) is 5.91 Å². The molecule has 0 aliphatic rings. The molecule has 0 bridgehead atoms. The monoisotopic (exact) mass is 263 g/mol. The molecule has 1 aromatic rings. The van der Waals surface area contributed by atoms with Crippen LogP contribution in [0, 0.1) is 5.41 Å². The Balaban J connectivity index is 2.71. The molecule has 1 rings (SSSR count). The van der Waals surface area contributed by atoms with Gasteiger partial charge in [-0.1, -0.05) is 27.7 Å². The van der Waals surface area contributed by atoms with Crippen LogP contribution in [0.5, 0.6) is 0 Å². The highest BCUT2D eigenvalue weighted by atomic mass is 16.1. The number of aromatic nitrogens is 1. The Kier molecular flexibility index (Phi) is 5.80. The SMILES string of the molecule is CCCNc1ncccc1C(=O)NCC(C)(C)CC. The predicted octanol–water partition coefficient (Wildman–Crippen LogP) is 3.07. The second-order valence-corrected chi connectivity index (χ2v) is 5.53. The van der Waals surface area contributed by atoms with Gasteiger partial charge in [-0.3, -0.25) is 4.79 Å². The number of nitrogens with one attached hydrogen (secondary N) is 2. The van der Waals surface area contributed by atoms with Crippen molar-refractivity contribution in [3.63, 3.8) is 0 Å². The van der Waals surface area contributed by atoms with Gasteiger partial charge in [0.2, 0.25) is 0 Å². The van der Waals surface area contributed by atoms with Crippen LogP contribution in [0.15, 0.2) is 18.3 Å². The van der Waals surface area contributed by atoms with Crippen LogP contribution in [0.2, 0.25) is 0 Å². The zero-order valence-electron chi connectivity index (χ0n) is 12.4. The van der Waals surface area contributed by atoms with Crippen molar-refractivity contribution in [2.75, 3.05) is 18.4 Å². The summed E-state index contributed by atoms with van der Waals surface area (Å²) in [6.07, 6.45) is 3.73. The first-order chi connectivity index (χ1) is 9.00. The molecule has 0 spiro atoms. The smallest absolute Gasteiger partial charge is 0.255 e. The molecule has 0 aliphatic carbocycles. The summed E-state index contributed by atoms with van der Waals surface area (Å²) >= 11 is 0. The lowest BCUT2D eigenvalue weighted by Gasteiger charge is -2.23. The second kappa shape index (κ2) is 7.12. The van der Waals surface area contributed by atoms with Crippen LogP contribution in [-0.4, -0.2) is 24.0 Å². The fourth-order valence-corrected chi connectivity index (χ4v) is 1.51. The second-order valence-electron chi connectivity index (χ2n) is 5.53. The van der Waals surface area contributed by atoms with Crippen LogP contribution in [0.4, 0.5) is 5.82 Å². The van der Waals surface area contributed by atoms with E-state index in [4.69, 9.17) is 0 Å². The van der Waals surface area contributed by atoms with Crippen LogP contribution in [-0.2, 0) is 0 Å². The summed E-state index contributed by atoms with van der Waals surface area (Å²) in [5, 5.41) is 6.17. The van der Waals surface area contributed by atoms with Crippen molar-refractivity contribution in [2.24, 2.45) is 5.41 Å². The summed E-state index contributed by atoms with van der Waals surface area (Å²) in [6, 6.07) is 3.59. The van der Waals surface area contributed by atoms with E-state index in [2.05, 4.69) is 43.3 Å². The minimum atomic E-state index is -0.0618. The first-order valence-corrected chi connectivity index (χ1v) is 6.97. The van der Waals surface area contributed by atoms with Crippen molar-refractivity contribution in [3.8, 4) is 0 Å². The summed E-state index contributed by atoms with van der Waals surface area (Å²) in [6.45, 7) is 9.99. The van der Waals surface area contributed by atoms with Gasteiger partial charge in [-0.15, -0.1) is 0 Å². The molecule has 1 heterocycles. The maximum Gasteiger partial charge on any atom is 0.255 e. The number of hydrogen-bond acceptors (Lipinski definition) is 3. The highest BCUT2D eigenvalue weighted by molar-refractivity contribution is 5.98. The van der Waals surface area contributed by atoms with Gasteiger partial charge in [0, 0.05) is 19.3 Å². The van der Waals surface area contributed by atoms with Gasteiger partial charge in [-0.25, -0.2) is 4.98 Å². The molecule has 2 N–H and O–H groups in total. The van der Waals surface area contributed by atoms with Gasteiger partial charge in [-0.05, 0) is 30.4 Å².